The van der Waals surface area contributed by atoms with Crippen LogP contribution >= 0.6 is 11.8 Å². The Morgan fingerprint density at radius 1 is 1.21 bits per heavy atom. The smallest absolute Gasteiger partial charge is 0.256 e. The van der Waals surface area contributed by atoms with Crippen molar-refractivity contribution in [1.29, 1.82) is 0 Å². The van der Waals surface area contributed by atoms with Gasteiger partial charge in [-0.05, 0) is 29.3 Å². The summed E-state index contributed by atoms with van der Waals surface area (Å²) in [5.74, 6) is 0.0264. The molecule has 2 aromatic carbocycles. The summed E-state index contributed by atoms with van der Waals surface area (Å²) >= 11 is 1.61. The van der Waals surface area contributed by atoms with Crippen molar-refractivity contribution in [2.45, 2.75) is 18.0 Å². The first-order valence-corrected chi connectivity index (χ1v) is 8.75. The van der Waals surface area contributed by atoms with Gasteiger partial charge in [0.2, 0.25) is 5.91 Å². The zero-order valence-electron chi connectivity index (χ0n) is 12.7. The maximum atomic E-state index is 12.9. The van der Waals surface area contributed by atoms with Crippen LogP contribution in [0.4, 0.5) is 4.39 Å². The van der Waals surface area contributed by atoms with Gasteiger partial charge in [-0.1, -0.05) is 30.3 Å². The van der Waals surface area contributed by atoms with E-state index in [0.29, 0.717) is 17.9 Å². The number of carbonyl (C=O) groups excluding carboxylic acids is 2. The molecule has 2 aliphatic rings. The molecule has 24 heavy (non-hydrogen) atoms. The molecule has 1 fully saturated rings. The minimum atomic E-state index is -0.472. The van der Waals surface area contributed by atoms with Gasteiger partial charge in [0, 0.05) is 17.9 Å². The van der Waals surface area contributed by atoms with Crippen LogP contribution in [0.1, 0.15) is 26.9 Å². The third kappa shape index (κ3) is 2.47. The number of fused-ring (bicyclic) bond motifs is 3. The van der Waals surface area contributed by atoms with Gasteiger partial charge in [0.25, 0.3) is 5.91 Å². The summed E-state index contributed by atoms with van der Waals surface area (Å²) in [6, 6.07) is 13.0. The number of rotatable bonds is 3. The predicted octanol–water partition coefficient (Wildman–Crippen LogP) is 2.71. The second-order valence-electron chi connectivity index (χ2n) is 5.85. The van der Waals surface area contributed by atoms with Gasteiger partial charge in [-0.2, -0.15) is 0 Å². The molecule has 0 unspecified atom stereocenters. The molecule has 122 valence electrons. The summed E-state index contributed by atoms with van der Waals surface area (Å²) in [5, 5.41) is 2.78. The average Bonchev–Trinajstić information content (AvgIpc) is 3.15. The number of halogens is 1. The normalized spacial score (nSPS) is 21.5. The molecule has 0 spiro atoms. The molecule has 0 aliphatic carbocycles. The highest BCUT2D eigenvalue weighted by atomic mass is 32.2. The molecule has 2 atom stereocenters. The molecule has 0 radical (unpaired) electrons. The molecule has 1 saturated heterocycles. The van der Waals surface area contributed by atoms with E-state index in [1.165, 1.54) is 12.1 Å². The Kier molecular flexibility index (Phi) is 3.76. The summed E-state index contributed by atoms with van der Waals surface area (Å²) in [5.41, 5.74) is 2.50. The van der Waals surface area contributed by atoms with Crippen LogP contribution in [0, 0.1) is 5.82 Å². The van der Waals surface area contributed by atoms with Gasteiger partial charge >= 0.3 is 0 Å². The fourth-order valence-corrected chi connectivity index (χ4v) is 4.62. The highest BCUT2D eigenvalue weighted by Crippen LogP contribution is 2.47. The molecule has 4 nitrogen and oxygen atoms in total. The third-order valence-corrected chi connectivity index (χ3v) is 5.68. The van der Waals surface area contributed by atoms with Gasteiger partial charge in [-0.15, -0.1) is 11.8 Å². The Balaban J connectivity index is 1.47. The maximum absolute atomic E-state index is 12.9. The van der Waals surface area contributed by atoms with Gasteiger partial charge in [0.15, 0.2) is 0 Å². The van der Waals surface area contributed by atoms with Crippen molar-refractivity contribution in [2.24, 2.45) is 0 Å². The first-order valence-electron chi connectivity index (χ1n) is 7.70. The number of hydrogen-bond acceptors (Lipinski definition) is 3. The summed E-state index contributed by atoms with van der Waals surface area (Å²) in [7, 11) is 0. The second kappa shape index (κ2) is 5.94. The number of thioether (sulfide) groups is 1. The molecule has 6 heteroatoms. The summed E-state index contributed by atoms with van der Waals surface area (Å²) < 4.78 is 12.9. The first kappa shape index (κ1) is 15.2. The van der Waals surface area contributed by atoms with Crippen LogP contribution in [-0.4, -0.2) is 28.5 Å². The van der Waals surface area contributed by atoms with Crippen molar-refractivity contribution < 1.29 is 14.0 Å². The number of benzene rings is 2. The number of nitrogens with one attached hydrogen (secondary N) is 1. The standard InChI is InChI=1S/C18H15FN2O2S/c19-12-7-5-11(6-8-12)9-20-16(22)15-10-24-18-14-4-2-1-3-13(14)17(23)21(15)18/h1-8,15,18H,9-10H2,(H,20,22)/t15-,18-/m1/s1. The molecule has 2 heterocycles. The Bertz CT molecular complexity index is 809. The van der Waals surface area contributed by atoms with Gasteiger partial charge in [-0.25, -0.2) is 4.39 Å². The molecular weight excluding hydrogens is 327 g/mol. The molecular formula is C18H15FN2O2S. The van der Waals surface area contributed by atoms with Gasteiger partial charge in [0.1, 0.15) is 17.2 Å². The van der Waals surface area contributed by atoms with Crippen LogP contribution in [-0.2, 0) is 11.3 Å². The number of carbonyl (C=O) groups is 2. The molecule has 2 aliphatic heterocycles. The van der Waals surface area contributed by atoms with E-state index in [2.05, 4.69) is 5.32 Å². The van der Waals surface area contributed by atoms with Gasteiger partial charge in [-0.3, -0.25) is 9.59 Å². The van der Waals surface area contributed by atoms with E-state index in [1.54, 1.807) is 28.8 Å². The molecule has 0 saturated carbocycles. The van der Waals surface area contributed by atoms with Crippen molar-refractivity contribution in [3.63, 3.8) is 0 Å². The van der Waals surface area contributed by atoms with Crippen molar-refractivity contribution in [3.05, 3.63) is 71.0 Å². The molecule has 1 N–H and O–H groups in total. The van der Waals surface area contributed by atoms with E-state index < -0.39 is 6.04 Å². The number of nitrogens with zero attached hydrogens (tertiary/aromatic N) is 1. The largest absolute Gasteiger partial charge is 0.350 e. The molecule has 2 amide bonds. The minimum absolute atomic E-state index is 0.0738. The van der Waals surface area contributed by atoms with Crippen LogP contribution in [0.25, 0.3) is 0 Å². The number of amides is 2. The summed E-state index contributed by atoms with van der Waals surface area (Å²) in [6.07, 6.45) is 0. The zero-order chi connectivity index (χ0) is 16.7. The average molecular weight is 342 g/mol. The van der Waals surface area contributed by atoms with Crippen LogP contribution < -0.4 is 5.32 Å². The van der Waals surface area contributed by atoms with E-state index in [4.69, 9.17) is 0 Å². The fraction of sp³-hybridized carbons (Fsp3) is 0.222. The van der Waals surface area contributed by atoms with E-state index >= 15 is 0 Å². The highest BCUT2D eigenvalue weighted by molar-refractivity contribution is 7.99. The van der Waals surface area contributed by atoms with Crippen molar-refractivity contribution >= 4 is 23.6 Å². The van der Waals surface area contributed by atoms with Crippen LogP contribution in [0.15, 0.2) is 48.5 Å². The van der Waals surface area contributed by atoms with Crippen LogP contribution in [0.5, 0.6) is 0 Å². The van der Waals surface area contributed by atoms with Crippen molar-refractivity contribution in [3.8, 4) is 0 Å². The lowest BCUT2D eigenvalue weighted by Gasteiger charge is -2.22. The molecule has 2 aromatic rings. The minimum Gasteiger partial charge on any atom is -0.350 e. The fourth-order valence-electron chi connectivity index (χ4n) is 3.15. The number of hydrogen-bond donors (Lipinski definition) is 1. The third-order valence-electron chi connectivity index (χ3n) is 4.37. The van der Waals surface area contributed by atoms with Crippen LogP contribution in [0.2, 0.25) is 0 Å². The van der Waals surface area contributed by atoms with Crippen molar-refractivity contribution in [2.75, 3.05) is 5.75 Å². The lowest BCUT2D eigenvalue weighted by atomic mass is 10.1. The van der Waals surface area contributed by atoms with Crippen LogP contribution in [0.3, 0.4) is 0 Å². The Morgan fingerprint density at radius 2 is 1.96 bits per heavy atom. The molecule has 0 bridgehead atoms. The second-order valence-corrected chi connectivity index (χ2v) is 6.96. The lowest BCUT2D eigenvalue weighted by Crippen LogP contribution is -2.45. The molecule has 0 aromatic heterocycles. The first-order chi connectivity index (χ1) is 11.6. The molecule has 4 rings (SSSR count). The topological polar surface area (TPSA) is 49.4 Å². The maximum Gasteiger partial charge on any atom is 0.256 e. The zero-order valence-corrected chi connectivity index (χ0v) is 13.6. The van der Waals surface area contributed by atoms with Gasteiger partial charge < -0.3 is 10.2 Å². The summed E-state index contributed by atoms with van der Waals surface area (Å²) in [6.45, 7) is 0.319. The van der Waals surface area contributed by atoms with E-state index in [0.717, 1.165) is 11.1 Å². The Hall–Kier alpha value is -2.34. The SMILES string of the molecule is O=C(NCc1ccc(F)cc1)[C@H]1CS[C@@H]2c3ccccc3C(=O)N12. The summed E-state index contributed by atoms with van der Waals surface area (Å²) in [4.78, 5) is 26.8. The predicted molar refractivity (Wildman–Crippen MR) is 89.8 cm³/mol. The van der Waals surface area contributed by atoms with Gasteiger partial charge in [0.05, 0.1) is 0 Å². The Labute approximate surface area is 143 Å². The quantitative estimate of drug-likeness (QED) is 0.933. The Morgan fingerprint density at radius 3 is 2.75 bits per heavy atom. The monoisotopic (exact) mass is 342 g/mol. The highest BCUT2D eigenvalue weighted by Gasteiger charge is 2.48. The van der Waals surface area contributed by atoms with Crippen molar-refractivity contribution in [1.82, 2.24) is 10.2 Å². The van der Waals surface area contributed by atoms with E-state index in [1.807, 2.05) is 24.3 Å². The van der Waals surface area contributed by atoms with E-state index in [9.17, 15) is 14.0 Å². The lowest BCUT2D eigenvalue weighted by molar-refractivity contribution is -0.124. The van der Waals surface area contributed by atoms with E-state index in [-0.39, 0.29) is 23.0 Å².